The molecular weight excluding hydrogens is 394 g/mol. The van der Waals surface area contributed by atoms with Gasteiger partial charge in [0.25, 0.3) is 10.0 Å². The molecule has 0 aliphatic carbocycles. The third-order valence-electron chi connectivity index (χ3n) is 3.37. The van der Waals surface area contributed by atoms with Gasteiger partial charge >= 0.3 is 0 Å². The van der Waals surface area contributed by atoms with Gasteiger partial charge in [-0.25, -0.2) is 8.42 Å². The smallest absolute Gasteiger partial charge is 0.263 e. The summed E-state index contributed by atoms with van der Waals surface area (Å²) < 4.78 is 28.3. The summed E-state index contributed by atoms with van der Waals surface area (Å²) in [5.41, 5.74) is 1.60. The summed E-state index contributed by atoms with van der Waals surface area (Å²) in [6, 6.07) is 12.4. The van der Waals surface area contributed by atoms with Crippen molar-refractivity contribution >= 4 is 43.4 Å². The molecule has 0 bridgehead atoms. The van der Waals surface area contributed by atoms with Crippen molar-refractivity contribution in [1.82, 2.24) is 0 Å². The van der Waals surface area contributed by atoms with Gasteiger partial charge in [-0.1, -0.05) is 22.0 Å². The van der Waals surface area contributed by atoms with E-state index in [2.05, 4.69) is 22.5 Å². The van der Waals surface area contributed by atoms with E-state index in [1.165, 1.54) is 4.31 Å². The van der Waals surface area contributed by atoms with Crippen molar-refractivity contribution in [3.8, 4) is 0 Å². The lowest BCUT2D eigenvalue weighted by molar-refractivity contribution is 0.593. The lowest BCUT2D eigenvalue weighted by Crippen LogP contribution is -2.31. The first kappa shape index (κ1) is 18.1. The Labute approximate surface area is 150 Å². The summed E-state index contributed by atoms with van der Waals surface area (Å²) in [5, 5.41) is 0. The second-order valence-corrected chi connectivity index (χ2v) is 8.53. The van der Waals surface area contributed by atoms with Gasteiger partial charge in [-0.15, -0.1) is 18.3 Å². The van der Waals surface area contributed by atoms with E-state index in [1.54, 1.807) is 36.0 Å². The van der Waals surface area contributed by atoms with Gasteiger partial charge in [0.15, 0.2) is 0 Å². The molecule has 0 aliphatic rings. The number of halogens is 1. The Kier molecular flexibility index (Phi) is 5.95. The molecule has 0 saturated carbocycles. The third kappa shape index (κ3) is 4.00. The van der Waals surface area contributed by atoms with Crippen LogP contribution in [0.3, 0.4) is 0 Å². The first-order chi connectivity index (χ1) is 10.9. The Bertz CT molecular complexity index is 802. The van der Waals surface area contributed by atoms with Gasteiger partial charge in [0.2, 0.25) is 0 Å². The van der Waals surface area contributed by atoms with Gasteiger partial charge in [0, 0.05) is 9.37 Å². The molecular formula is C17H18BrNO2S2. The lowest BCUT2D eigenvalue weighted by Gasteiger charge is -2.24. The number of thioether (sulfide) groups is 1. The van der Waals surface area contributed by atoms with Gasteiger partial charge in [0.05, 0.1) is 17.1 Å². The average molecular weight is 412 g/mol. The molecule has 0 spiro atoms. The van der Waals surface area contributed by atoms with Gasteiger partial charge < -0.3 is 0 Å². The van der Waals surface area contributed by atoms with Gasteiger partial charge in [0.1, 0.15) is 0 Å². The van der Waals surface area contributed by atoms with Crippen LogP contribution in [0.25, 0.3) is 0 Å². The Balaban J connectivity index is 2.49. The SMILES string of the molecule is C=CCN(c1ccc(Br)c(C)c1)S(=O)(=O)c1ccc(SC)cc1. The molecule has 0 unspecified atom stereocenters. The van der Waals surface area contributed by atoms with E-state index in [0.29, 0.717) is 5.69 Å². The minimum absolute atomic E-state index is 0.216. The molecule has 0 heterocycles. The first-order valence-electron chi connectivity index (χ1n) is 6.94. The van der Waals surface area contributed by atoms with Crippen LogP contribution in [0.4, 0.5) is 5.69 Å². The molecule has 0 radical (unpaired) electrons. The molecule has 2 aromatic carbocycles. The normalized spacial score (nSPS) is 11.3. The van der Waals surface area contributed by atoms with Crippen molar-refractivity contribution in [2.24, 2.45) is 0 Å². The van der Waals surface area contributed by atoms with Crippen molar-refractivity contribution in [2.75, 3.05) is 17.1 Å². The molecule has 0 N–H and O–H groups in total. The van der Waals surface area contributed by atoms with Crippen molar-refractivity contribution in [2.45, 2.75) is 16.7 Å². The predicted octanol–water partition coefficient (Wildman–Crippen LogP) is 4.86. The maximum atomic E-state index is 13.0. The maximum Gasteiger partial charge on any atom is 0.264 e. The number of benzene rings is 2. The second-order valence-electron chi connectivity index (χ2n) is 4.93. The highest BCUT2D eigenvalue weighted by atomic mass is 79.9. The van der Waals surface area contributed by atoms with Gasteiger partial charge in [-0.05, 0) is 61.2 Å². The summed E-state index contributed by atoms with van der Waals surface area (Å²) in [6.45, 7) is 5.83. The maximum absolute atomic E-state index is 13.0. The molecule has 0 amide bonds. The van der Waals surface area contributed by atoms with Crippen LogP contribution in [0.2, 0.25) is 0 Å². The van der Waals surface area contributed by atoms with Gasteiger partial charge in [-0.3, -0.25) is 4.31 Å². The monoisotopic (exact) mass is 411 g/mol. The van der Waals surface area contributed by atoms with Crippen molar-refractivity contribution < 1.29 is 8.42 Å². The van der Waals surface area contributed by atoms with Crippen LogP contribution in [0.5, 0.6) is 0 Å². The standard InChI is InChI=1S/C17H18BrNO2S2/c1-4-11-19(14-5-10-17(18)13(2)12-14)23(20,21)16-8-6-15(22-3)7-9-16/h4-10,12H,1,11H2,2-3H3. The number of hydrogen-bond donors (Lipinski definition) is 0. The summed E-state index contributed by atoms with van der Waals surface area (Å²) in [4.78, 5) is 1.30. The number of anilines is 1. The quantitative estimate of drug-likeness (QED) is 0.502. The Morgan fingerprint density at radius 2 is 1.87 bits per heavy atom. The molecule has 2 aromatic rings. The number of hydrogen-bond acceptors (Lipinski definition) is 3. The molecule has 0 aliphatic heterocycles. The summed E-state index contributed by atoms with van der Waals surface area (Å²) in [7, 11) is -3.63. The number of nitrogens with zero attached hydrogens (tertiary/aromatic N) is 1. The van der Waals surface area contributed by atoms with Crippen LogP contribution in [0.1, 0.15) is 5.56 Å². The van der Waals surface area contributed by atoms with Crippen LogP contribution in [-0.4, -0.2) is 21.2 Å². The largest absolute Gasteiger partial charge is 0.264 e. The summed E-state index contributed by atoms with van der Waals surface area (Å²) in [5.74, 6) is 0. The number of rotatable bonds is 6. The van der Waals surface area contributed by atoms with E-state index in [4.69, 9.17) is 0 Å². The zero-order valence-electron chi connectivity index (χ0n) is 13.0. The van der Waals surface area contributed by atoms with E-state index in [1.807, 2.05) is 37.4 Å². The molecule has 0 saturated heterocycles. The molecule has 3 nitrogen and oxygen atoms in total. The highest BCUT2D eigenvalue weighted by Crippen LogP contribution is 2.28. The summed E-state index contributed by atoms with van der Waals surface area (Å²) >= 11 is 5.02. The molecule has 2 rings (SSSR count). The fourth-order valence-corrected chi connectivity index (χ4v) is 4.20. The third-order valence-corrected chi connectivity index (χ3v) is 6.81. The molecule has 0 atom stereocenters. The second kappa shape index (κ2) is 7.55. The number of aryl methyl sites for hydroxylation is 1. The molecule has 0 aromatic heterocycles. The van der Waals surface area contributed by atoms with Crippen molar-refractivity contribution in [1.29, 1.82) is 0 Å². The average Bonchev–Trinajstić information content (AvgIpc) is 2.55. The lowest BCUT2D eigenvalue weighted by atomic mass is 10.2. The van der Waals surface area contributed by atoms with E-state index in [9.17, 15) is 8.42 Å². The molecule has 122 valence electrons. The summed E-state index contributed by atoms with van der Waals surface area (Å²) in [6.07, 6.45) is 3.54. The van der Waals surface area contributed by atoms with Crippen LogP contribution >= 0.6 is 27.7 Å². The molecule has 0 fully saturated rings. The molecule has 6 heteroatoms. The van der Waals surface area contributed by atoms with Crippen LogP contribution in [0, 0.1) is 6.92 Å². The minimum atomic E-state index is -3.63. The first-order valence-corrected chi connectivity index (χ1v) is 10.4. The van der Waals surface area contributed by atoms with Crippen LogP contribution in [-0.2, 0) is 10.0 Å². The number of sulfonamides is 1. The van der Waals surface area contributed by atoms with E-state index in [-0.39, 0.29) is 11.4 Å². The minimum Gasteiger partial charge on any atom is -0.263 e. The fourth-order valence-electron chi connectivity index (χ4n) is 2.12. The highest BCUT2D eigenvalue weighted by molar-refractivity contribution is 9.10. The van der Waals surface area contributed by atoms with Gasteiger partial charge in [-0.2, -0.15) is 0 Å². The topological polar surface area (TPSA) is 37.4 Å². The fraction of sp³-hybridized carbons (Fsp3) is 0.176. The predicted molar refractivity (Wildman–Crippen MR) is 102 cm³/mol. The zero-order chi connectivity index (χ0) is 17.0. The Hall–Kier alpha value is -1.24. The van der Waals surface area contributed by atoms with E-state index < -0.39 is 10.0 Å². The van der Waals surface area contributed by atoms with E-state index in [0.717, 1.165) is 14.9 Å². The Morgan fingerprint density at radius 3 is 2.39 bits per heavy atom. The highest BCUT2D eigenvalue weighted by Gasteiger charge is 2.24. The van der Waals surface area contributed by atoms with Crippen LogP contribution < -0.4 is 4.31 Å². The van der Waals surface area contributed by atoms with Crippen molar-refractivity contribution in [3.63, 3.8) is 0 Å². The van der Waals surface area contributed by atoms with E-state index >= 15 is 0 Å². The molecule has 23 heavy (non-hydrogen) atoms. The zero-order valence-corrected chi connectivity index (χ0v) is 16.2. The van der Waals surface area contributed by atoms with Crippen molar-refractivity contribution in [3.05, 3.63) is 65.2 Å². The van der Waals surface area contributed by atoms with Crippen LogP contribution in [0.15, 0.2) is 69.4 Å². The Morgan fingerprint density at radius 1 is 1.22 bits per heavy atom.